The van der Waals surface area contributed by atoms with E-state index in [2.05, 4.69) is 21.3 Å². The first-order chi connectivity index (χ1) is 18.5. The molecule has 0 bridgehead atoms. The lowest BCUT2D eigenvalue weighted by Gasteiger charge is -2.27. The highest BCUT2D eigenvalue weighted by atomic mass is 35.5. The van der Waals surface area contributed by atoms with E-state index in [1.807, 2.05) is 24.3 Å². The summed E-state index contributed by atoms with van der Waals surface area (Å²) in [5.74, 6) is 0.0388. The molecule has 1 aliphatic rings. The van der Waals surface area contributed by atoms with Gasteiger partial charge in [0.05, 0.1) is 29.3 Å². The highest BCUT2D eigenvalue weighted by molar-refractivity contribution is 6.30. The number of halogens is 2. The molecule has 0 spiro atoms. The highest BCUT2D eigenvalue weighted by Crippen LogP contribution is 2.31. The van der Waals surface area contributed by atoms with Crippen molar-refractivity contribution in [2.45, 2.75) is 19.5 Å². The average molecular weight is 530 g/mol. The largest absolute Gasteiger partial charge is 0.481 e. The maximum absolute atomic E-state index is 13.7. The second-order valence-electron chi connectivity index (χ2n) is 9.03. The number of aromatic nitrogens is 2. The topological polar surface area (TPSA) is 83.2 Å². The highest BCUT2D eigenvalue weighted by Gasteiger charge is 2.26. The van der Waals surface area contributed by atoms with Gasteiger partial charge in [-0.15, -0.1) is 0 Å². The number of fused-ring (bicyclic) bond motifs is 3. The number of benzene rings is 2. The zero-order valence-corrected chi connectivity index (χ0v) is 21.5. The number of pyridine rings is 1. The number of rotatable bonds is 6. The summed E-state index contributed by atoms with van der Waals surface area (Å²) in [6.07, 6.45) is 6.18. The van der Waals surface area contributed by atoms with Crippen LogP contribution in [0.15, 0.2) is 60.8 Å². The van der Waals surface area contributed by atoms with Crippen molar-refractivity contribution in [3.63, 3.8) is 0 Å². The summed E-state index contributed by atoms with van der Waals surface area (Å²) in [4.78, 5) is 19.8. The molecule has 0 fully saturated rings. The van der Waals surface area contributed by atoms with Gasteiger partial charge < -0.3 is 10.1 Å². The van der Waals surface area contributed by atoms with Gasteiger partial charge in [-0.25, -0.2) is 14.2 Å². The van der Waals surface area contributed by atoms with Gasteiger partial charge in [0.15, 0.2) is 0 Å². The molecular formula is C29H25ClFN5O2. The fraction of sp³-hybridized carbons (Fsp3) is 0.207. The van der Waals surface area contributed by atoms with E-state index >= 15 is 0 Å². The van der Waals surface area contributed by atoms with E-state index in [-0.39, 0.29) is 11.1 Å². The number of carbonyl (C=O) groups excluding carboxylic acids is 1. The number of hydrogen-bond donors (Lipinski definition) is 1. The van der Waals surface area contributed by atoms with Gasteiger partial charge in [-0.3, -0.25) is 9.47 Å². The lowest BCUT2D eigenvalue weighted by Crippen LogP contribution is -2.34. The Kier molecular flexibility index (Phi) is 7.40. The van der Waals surface area contributed by atoms with Crippen LogP contribution in [0.25, 0.3) is 17.0 Å². The second kappa shape index (κ2) is 11.1. The molecular weight excluding hydrogens is 505 g/mol. The molecule has 0 saturated carbocycles. The third kappa shape index (κ3) is 5.25. The molecule has 9 heteroatoms. The van der Waals surface area contributed by atoms with Crippen LogP contribution in [0.5, 0.6) is 5.88 Å². The van der Waals surface area contributed by atoms with Gasteiger partial charge in [-0.2, -0.15) is 5.26 Å². The van der Waals surface area contributed by atoms with Crippen LogP contribution in [-0.2, 0) is 19.5 Å². The van der Waals surface area contributed by atoms with Crippen LogP contribution in [0.3, 0.4) is 0 Å². The van der Waals surface area contributed by atoms with Gasteiger partial charge in [0, 0.05) is 55.9 Å². The molecule has 5 rings (SSSR count). The predicted octanol–water partition coefficient (Wildman–Crippen LogP) is 5.54. The molecule has 3 heterocycles. The van der Waals surface area contributed by atoms with E-state index in [4.69, 9.17) is 16.3 Å². The Balaban J connectivity index is 1.38. The number of nitrogens with one attached hydrogen (secondary N) is 1. The molecule has 1 aliphatic heterocycles. The molecule has 2 aromatic heterocycles. The van der Waals surface area contributed by atoms with E-state index in [0.717, 1.165) is 34.3 Å². The van der Waals surface area contributed by atoms with Crippen LogP contribution < -0.4 is 10.1 Å². The fourth-order valence-corrected chi connectivity index (χ4v) is 4.87. The minimum atomic E-state index is -0.442. The second-order valence-corrected chi connectivity index (χ2v) is 9.44. The van der Waals surface area contributed by atoms with Crippen LogP contribution in [-0.4, -0.2) is 40.7 Å². The Morgan fingerprint density at radius 3 is 2.92 bits per heavy atom. The summed E-state index contributed by atoms with van der Waals surface area (Å²) in [6, 6.07) is 15.7. The van der Waals surface area contributed by atoms with Gasteiger partial charge in [-0.05, 0) is 47.0 Å². The van der Waals surface area contributed by atoms with E-state index in [1.165, 1.54) is 6.07 Å². The lowest BCUT2D eigenvalue weighted by atomic mass is 10.0. The number of nitrogens with zero attached hydrogens (tertiary/aromatic N) is 4. The van der Waals surface area contributed by atoms with Crippen molar-refractivity contribution >= 4 is 34.6 Å². The molecule has 0 aliphatic carbocycles. The molecule has 0 saturated heterocycles. The number of carbonyl (C=O) groups is 1. The van der Waals surface area contributed by atoms with Crippen molar-refractivity contribution in [2.24, 2.45) is 0 Å². The smallest absolute Gasteiger partial charge is 0.326 e. The average Bonchev–Trinajstić information content (AvgIpc) is 3.26. The summed E-state index contributed by atoms with van der Waals surface area (Å²) in [7, 11) is 1.55. The molecule has 38 heavy (non-hydrogen) atoms. The van der Waals surface area contributed by atoms with E-state index < -0.39 is 5.82 Å². The first-order valence-corrected chi connectivity index (χ1v) is 12.5. The fourth-order valence-electron chi connectivity index (χ4n) is 4.75. The molecule has 192 valence electrons. The van der Waals surface area contributed by atoms with Crippen molar-refractivity contribution in [2.75, 3.05) is 20.2 Å². The molecule has 2 aromatic carbocycles. The third-order valence-electron chi connectivity index (χ3n) is 6.63. The summed E-state index contributed by atoms with van der Waals surface area (Å²) < 4.78 is 20.6. The Labute approximate surface area is 224 Å². The number of nitriles is 1. The SMILES string of the molecule is COc1cc(CNC(=O)n2c3c(c4ccc(C#N)cc42)CN(CC=Cc2ccc(Cl)c(F)c2)CC3)ccn1. The quantitative estimate of drug-likeness (QED) is 0.354. The molecule has 4 aromatic rings. The van der Waals surface area contributed by atoms with Gasteiger partial charge in [0.1, 0.15) is 5.82 Å². The van der Waals surface area contributed by atoms with E-state index in [0.29, 0.717) is 43.0 Å². The molecule has 0 unspecified atom stereocenters. The Bertz CT molecular complexity index is 1590. The standard InChI is InChI=1S/C29H25ClFN5O2/c1-38-28-15-21(8-10-33-28)17-34-29(37)36-26-9-12-35(11-2-3-19-5-7-24(30)25(31)13-19)18-23(26)22-6-4-20(16-32)14-27(22)36/h2-8,10,13-15H,9,11-12,17-18H2,1H3,(H,34,37). The van der Waals surface area contributed by atoms with Crippen LogP contribution >= 0.6 is 11.6 Å². The first kappa shape index (κ1) is 25.5. The third-order valence-corrected chi connectivity index (χ3v) is 6.94. The van der Waals surface area contributed by atoms with Crippen molar-refractivity contribution in [1.82, 2.24) is 19.8 Å². The Morgan fingerprint density at radius 2 is 2.13 bits per heavy atom. The number of amides is 1. The number of methoxy groups -OCH3 is 1. The maximum atomic E-state index is 13.7. The zero-order valence-electron chi connectivity index (χ0n) is 20.7. The van der Waals surface area contributed by atoms with Gasteiger partial charge >= 0.3 is 6.03 Å². The van der Waals surface area contributed by atoms with Crippen LogP contribution in [0.2, 0.25) is 5.02 Å². The molecule has 7 nitrogen and oxygen atoms in total. The Morgan fingerprint density at radius 1 is 1.26 bits per heavy atom. The minimum Gasteiger partial charge on any atom is -0.481 e. The van der Waals surface area contributed by atoms with Crippen molar-refractivity contribution in [1.29, 1.82) is 5.26 Å². The zero-order chi connectivity index (χ0) is 26.6. The predicted molar refractivity (Wildman–Crippen MR) is 145 cm³/mol. The summed E-state index contributed by atoms with van der Waals surface area (Å²) in [6.45, 7) is 2.39. The van der Waals surface area contributed by atoms with Crippen LogP contribution in [0.4, 0.5) is 9.18 Å². The van der Waals surface area contributed by atoms with E-state index in [1.54, 1.807) is 48.2 Å². The van der Waals surface area contributed by atoms with Gasteiger partial charge in [0.2, 0.25) is 5.88 Å². The van der Waals surface area contributed by atoms with Crippen molar-refractivity contribution < 1.29 is 13.9 Å². The van der Waals surface area contributed by atoms with Crippen LogP contribution in [0, 0.1) is 17.1 Å². The number of hydrogen-bond acceptors (Lipinski definition) is 5. The lowest BCUT2D eigenvalue weighted by molar-refractivity contribution is 0.240. The number of ether oxygens (including phenoxy) is 1. The van der Waals surface area contributed by atoms with Gasteiger partial charge in [0.25, 0.3) is 0 Å². The van der Waals surface area contributed by atoms with Gasteiger partial charge in [-0.1, -0.05) is 35.9 Å². The molecule has 1 N–H and O–H groups in total. The minimum absolute atomic E-state index is 0.103. The summed E-state index contributed by atoms with van der Waals surface area (Å²) >= 11 is 5.78. The molecule has 0 atom stereocenters. The first-order valence-electron chi connectivity index (χ1n) is 12.1. The van der Waals surface area contributed by atoms with Crippen molar-refractivity contribution in [3.8, 4) is 11.9 Å². The van der Waals surface area contributed by atoms with Crippen LogP contribution in [0.1, 0.15) is 27.9 Å². The van der Waals surface area contributed by atoms with E-state index in [9.17, 15) is 14.4 Å². The maximum Gasteiger partial charge on any atom is 0.326 e. The molecule has 0 radical (unpaired) electrons. The monoisotopic (exact) mass is 529 g/mol. The normalized spacial score (nSPS) is 13.4. The summed E-state index contributed by atoms with van der Waals surface area (Å²) in [5.41, 5.74) is 4.84. The molecule has 1 amide bonds. The summed E-state index contributed by atoms with van der Waals surface area (Å²) in [5, 5.41) is 13.5. The van der Waals surface area contributed by atoms with Crippen molar-refractivity contribution in [3.05, 3.63) is 99.6 Å². The Hall–Kier alpha value is -4.19.